The molecule has 4 aromatic rings. The lowest BCUT2D eigenvalue weighted by Crippen LogP contribution is -2.61. The fraction of sp³-hybridized carbons (Fsp3) is 0.300. The third-order valence-electron chi connectivity index (χ3n) is 7.19. The van der Waals surface area contributed by atoms with E-state index in [0.717, 1.165) is 35.6 Å². The molecule has 2 aliphatic rings. The maximum absolute atomic E-state index is 13.5. The van der Waals surface area contributed by atoms with Crippen molar-refractivity contribution in [2.45, 2.75) is 37.5 Å². The normalized spacial score (nSPS) is 20.6. The van der Waals surface area contributed by atoms with Gasteiger partial charge in [0.05, 0.1) is 18.2 Å². The van der Waals surface area contributed by atoms with Gasteiger partial charge in [-0.1, -0.05) is 68.4 Å². The van der Waals surface area contributed by atoms with Crippen LogP contribution < -0.4 is 10.6 Å². The SMILES string of the molecule is CC(C)[C@@H]1Nc2nc(nc3ccccc23)CN2CCN(Sc3ccc(-c4ccccc4)cc3)CC2NC1=O. The van der Waals surface area contributed by atoms with Crippen LogP contribution in [0.2, 0.25) is 0 Å². The number of fused-ring (bicyclic) bond motifs is 5. The topological polar surface area (TPSA) is 73.4 Å². The van der Waals surface area contributed by atoms with Crippen LogP contribution in [0.15, 0.2) is 83.8 Å². The Morgan fingerprint density at radius 2 is 1.61 bits per heavy atom. The first kappa shape index (κ1) is 24.9. The van der Waals surface area contributed by atoms with Crippen LogP contribution in [0.4, 0.5) is 5.82 Å². The number of carbonyl (C=O) groups excluding carboxylic acids is 1. The number of hydrogen-bond donors (Lipinski definition) is 2. The van der Waals surface area contributed by atoms with Gasteiger partial charge in [0.2, 0.25) is 5.91 Å². The first-order valence-electron chi connectivity index (χ1n) is 13.2. The van der Waals surface area contributed by atoms with Gasteiger partial charge in [-0.3, -0.25) is 9.69 Å². The van der Waals surface area contributed by atoms with Crippen molar-refractivity contribution in [2.75, 3.05) is 25.0 Å². The molecule has 1 amide bonds. The molecule has 1 saturated heterocycles. The maximum atomic E-state index is 13.5. The van der Waals surface area contributed by atoms with E-state index in [1.807, 2.05) is 30.3 Å². The Morgan fingerprint density at radius 3 is 2.39 bits per heavy atom. The minimum absolute atomic E-state index is 0.000192. The maximum Gasteiger partial charge on any atom is 0.244 e. The van der Waals surface area contributed by atoms with Crippen LogP contribution in [0.5, 0.6) is 0 Å². The van der Waals surface area contributed by atoms with E-state index < -0.39 is 6.04 Å². The van der Waals surface area contributed by atoms with Crippen molar-refractivity contribution in [1.82, 2.24) is 24.5 Å². The summed E-state index contributed by atoms with van der Waals surface area (Å²) >= 11 is 1.74. The number of para-hydroxylation sites is 1. The smallest absolute Gasteiger partial charge is 0.244 e. The third kappa shape index (κ3) is 5.25. The molecule has 2 aliphatic heterocycles. The first-order valence-corrected chi connectivity index (χ1v) is 14.0. The molecule has 1 aromatic heterocycles. The van der Waals surface area contributed by atoms with Crippen molar-refractivity contribution in [1.29, 1.82) is 0 Å². The molecule has 3 aromatic carbocycles. The first-order chi connectivity index (χ1) is 18.5. The number of rotatable bonds is 4. The Kier molecular flexibility index (Phi) is 7.02. The quantitative estimate of drug-likeness (QED) is 0.364. The average Bonchev–Trinajstić information content (AvgIpc) is 2.93. The molecule has 0 spiro atoms. The second-order valence-electron chi connectivity index (χ2n) is 10.2. The molecule has 38 heavy (non-hydrogen) atoms. The van der Waals surface area contributed by atoms with E-state index in [-0.39, 0.29) is 18.0 Å². The van der Waals surface area contributed by atoms with Crippen LogP contribution in [-0.4, -0.2) is 56.9 Å². The summed E-state index contributed by atoms with van der Waals surface area (Å²) in [5, 5.41) is 7.72. The number of benzene rings is 3. The molecular weight excluding hydrogens is 492 g/mol. The van der Waals surface area contributed by atoms with E-state index in [2.05, 4.69) is 82.2 Å². The molecule has 2 bridgehead atoms. The summed E-state index contributed by atoms with van der Waals surface area (Å²) in [6.07, 6.45) is -0.132. The van der Waals surface area contributed by atoms with E-state index in [9.17, 15) is 4.79 Å². The third-order valence-corrected chi connectivity index (χ3v) is 8.27. The largest absolute Gasteiger partial charge is 0.358 e. The zero-order chi connectivity index (χ0) is 26.1. The van der Waals surface area contributed by atoms with E-state index >= 15 is 0 Å². The highest BCUT2D eigenvalue weighted by molar-refractivity contribution is 7.97. The van der Waals surface area contributed by atoms with Crippen molar-refractivity contribution >= 4 is 34.6 Å². The molecule has 8 heteroatoms. The molecule has 7 nitrogen and oxygen atoms in total. The van der Waals surface area contributed by atoms with E-state index in [4.69, 9.17) is 9.97 Å². The number of nitrogens with zero attached hydrogens (tertiary/aromatic N) is 4. The van der Waals surface area contributed by atoms with Crippen LogP contribution >= 0.6 is 11.9 Å². The summed E-state index contributed by atoms with van der Waals surface area (Å²) in [7, 11) is 0. The minimum atomic E-state index is -0.394. The highest BCUT2D eigenvalue weighted by Gasteiger charge is 2.34. The van der Waals surface area contributed by atoms with Crippen LogP contribution in [0, 0.1) is 5.92 Å². The fourth-order valence-electron chi connectivity index (χ4n) is 5.12. The number of aromatic nitrogens is 2. The number of carbonyl (C=O) groups is 1. The molecule has 194 valence electrons. The molecule has 0 saturated carbocycles. The van der Waals surface area contributed by atoms with Gasteiger partial charge < -0.3 is 10.6 Å². The standard InChI is InChI=1S/C30H32N6OS/c1-20(2)28-30(37)33-27-19-36(38-23-14-12-22(13-15-23)21-8-4-3-5-9-21)17-16-35(27)18-26-31-25-11-7-6-10-24(25)29(32-26)34-28/h3-15,20,27-28H,16-19H2,1-2H3,(H,33,37)(H,31,32,34)/t27?,28-/m0/s1. The van der Waals surface area contributed by atoms with Crippen LogP contribution in [0.25, 0.3) is 22.0 Å². The second-order valence-corrected chi connectivity index (χ2v) is 11.4. The monoisotopic (exact) mass is 524 g/mol. The van der Waals surface area contributed by atoms with E-state index in [1.165, 1.54) is 16.0 Å². The summed E-state index contributed by atoms with van der Waals surface area (Å²) in [6, 6.07) is 26.7. The van der Waals surface area contributed by atoms with Crippen molar-refractivity contribution < 1.29 is 4.79 Å². The van der Waals surface area contributed by atoms with Gasteiger partial charge in [0.1, 0.15) is 17.7 Å². The van der Waals surface area contributed by atoms with Gasteiger partial charge in [0, 0.05) is 29.9 Å². The van der Waals surface area contributed by atoms with Crippen LogP contribution in [-0.2, 0) is 11.3 Å². The fourth-order valence-corrected chi connectivity index (χ4v) is 6.06. The second kappa shape index (κ2) is 10.7. The molecule has 3 heterocycles. The highest BCUT2D eigenvalue weighted by atomic mass is 32.2. The Bertz CT molecular complexity index is 1430. The Labute approximate surface area is 227 Å². The number of piperazine rings is 1. The van der Waals surface area contributed by atoms with Gasteiger partial charge in [-0.05, 0) is 53.3 Å². The minimum Gasteiger partial charge on any atom is -0.358 e. The Balaban J connectivity index is 1.23. The number of anilines is 1. The molecule has 0 radical (unpaired) electrons. The van der Waals surface area contributed by atoms with Gasteiger partial charge in [-0.25, -0.2) is 14.3 Å². The molecule has 2 N–H and O–H groups in total. The molecule has 6 rings (SSSR count). The van der Waals surface area contributed by atoms with Gasteiger partial charge in [0.25, 0.3) is 0 Å². The van der Waals surface area contributed by atoms with E-state index in [1.54, 1.807) is 11.9 Å². The summed E-state index contributed by atoms with van der Waals surface area (Å²) in [5.41, 5.74) is 3.32. The summed E-state index contributed by atoms with van der Waals surface area (Å²) in [6.45, 7) is 7.11. The van der Waals surface area contributed by atoms with Crippen molar-refractivity contribution in [2.24, 2.45) is 5.92 Å². The van der Waals surface area contributed by atoms with Crippen molar-refractivity contribution in [3.8, 4) is 11.1 Å². The van der Waals surface area contributed by atoms with Crippen molar-refractivity contribution in [3.05, 3.63) is 84.7 Å². The van der Waals surface area contributed by atoms with E-state index in [0.29, 0.717) is 13.1 Å². The molecular formula is C30H32N6OS. The lowest BCUT2D eigenvalue weighted by atomic mass is 10.0. The zero-order valence-electron chi connectivity index (χ0n) is 21.7. The van der Waals surface area contributed by atoms with Gasteiger partial charge in [-0.15, -0.1) is 0 Å². The van der Waals surface area contributed by atoms with Crippen LogP contribution in [0.1, 0.15) is 19.7 Å². The summed E-state index contributed by atoms with van der Waals surface area (Å²) in [4.78, 5) is 26.7. The lowest BCUT2D eigenvalue weighted by molar-refractivity contribution is -0.125. The van der Waals surface area contributed by atoms with Gasteiger partial charge in [-0.2, -0.15) is 0 Å². The van der Waals surface area contributed by atoms with Gasteiger partial charge in [0.15, 0.2) is 0 Å². The molecule has 1 fully saturated rings. The Hall–Kier alpha value is -3.46. The Morgan fingerprint density at radius 1 is 0.868 bits per heavy atom. The lowest BCUT2D eigenvalue weighted by Gasteiger charge is -2.42. The van der Waals surface area contributed by atoms with Gasteiger partial charge >= 0.3 is 0 Å². The molecule has 0 aliphatic carbocycles. The highest BCUT2D eigenvalue weighted by Crippen LogP contribution is 2.30. The van der Waals surface area contributed by atoms with Crippen LogP contribution in [0.3, 0.4) is 0 Å². The predicted molar refractivity (Wildman–Crippen MR) is 153 cm³/mol. The number of amides is 1. The summed E-state index contributed by atoms with van der Waals surface area (Å²) < 4.78 is 2.34. The summed E-state index contributed by atoms with van der Waals surface area (Å²) in [5.74, 6) is 1.59. The number of hydrogen-bond acceptors (Lipinski definition) is 7. The predicted octanol–water partition coefficient (Wildman–Crippen LogP) is 5.01. The average molecular weight is 525 g/mol. The molecule has 1 unspecified atom stereocenters. The number of nitrogens with one attached hydrogen (secondary N) is 2. The van der Waals surface area contributed by atoms with Crippen molar-refractivity contribution in [3.63, 3.8) is 0 Å². The zero-order valence-corrected chi connectivity index (χ0v) is 22.5. The molecule has 2 atom stereocenters.